The molecule has 6 N–H and O–H groups in total. The van der Waals surface area contributed by atoms with Gasteiger partial charge < -0.3 is 31.6 Å². The van der Waals surface area contributed by atoms with Crippen molar-refractivity contribution in [3.05, 3.63) is 35.9 Å². The van der Waals surface area contributed by atoms with Crippen molar-refractivity contribution in [3.8, 4) is 0 Å². The van der Waals surface area contributed by atoms with E-state index in [4.69, 9.17) is 20.9 Å². The second kappa shape index (κ2) is 18.3. The van der Waals surface area contributed by atoms with Crippen molar-refractivity contribution >= 4 is 23.7 Å². The largest absolute Gasteiger partial charge is 0.462 e. The Labute approximate surface area is 225 Å². The number of carbonyl (C=O) groups is 4. The predicted octanol–water partition coefficient (Wildman–Crippen LogP) is 2.22. The van der Waals surface area contributed by atoms with Crippen molar-refractivity contribution in [2.75, 3.05) is 13.2 Å². The average molecular weight is 533 g/mol. The Morgan fingerprint density at radius 1 is 0.842 bits per heavy atom. The molecule has 2 atom stereocenters. The van der Waals surface area contributed by atoms with Gasteiger partial charge in [-0.25, -0.2) is 0 Å². The van der Waals surface area contributed by atoms with Crippen LogP contribution in [0.4, 0.5) is 0 Å². The van der Waals surface area contributed by atoms with E-state index in [1.807, 2.05) is 30.3 Å². The molecule has 0 aromatic heterocycles. The van der Waals surface area contributed by atoms with Gasteiger partial charge in [-0.15, -0.1) is 0 Å². The number of hydrogen-bond acceptors (Lipinski definition) is 7. The topological polar surface area (TPSA) is 163 Å². The minimum atomic E-state index is -1.26. The predicted molar refractivity (Wildman–Crippen MR) is 143 cm³/mol. The lowest BCUT2D eigenvalue weighted by Crippen LogP contribution is -2.55. The maximum absolute atomic E-state index is 13.0. The third-order valence-corrected chi connectivity index (χ3v) is 6.61. The van der Waals surface area contributed by atoms with Gasteiger partial charge in [0.2, 0.25) is 17.7 Å². The fourth-order valence-corrected chi connectivity index (χ4v) is 4.44. The molecule has 0 aliphatic heterocycles. The SMILES string of the molecule is NCC(=O)N[C@@H](CC(=O)OC1CCCCCCCCCCC1)C(=O)N[C@@H](COCc1ccccc1)C(N)=O. The highest BCUT2D eigenvalue weighted by Gasteiger charge is 2.29. The zero-order valence-corrected chi connectivity index (χ0v) is 22.3. The number of rotatable bonds is 12. The van der Waals surface area contributed by atoms with Crippen molar-refractivity contribution in [1.82, 2.24) is 10.6 Å². The summed E-state index contributed by atoms with van der Waals surface area (Å²) >= 11 is 0. The Bertz CT molecular complexity index is 854. The van der Waals surface area contributed by atoms with Crippen LogP contribution >= 0.6 is 0 Å². The molecule has 2 rings (SSSR count). The molecule has 3 amide bonds. The first-order chi connectivity index (χ1) is 18.4. The number of primary amides is 1. The quantitative estimate of drug-likeness (QED) is 0.300. The summed E-state index contributed by atoms with van der Waals surface area (Å²) in [5.74, 6) is -2.74. The molecule has 1 saturated carbocycles. The molecule has 0 saturated heterocycles. The van der Waals surface area contributed by atoms with E-state index in [-0.39, 0.29) is 32.3 Å². The normalized spacial score (nSPS) is 17.2. The number of esters is 1. The number of nitrogens with two attached hydrogens (primary N) is 2. The van der Waals surface area contributed by atoms with E-state index in [1.54, 1.807) is 0 Å². The van der Waals surface area contributed by atoms with Crippen LogP contribution in [0.3, 0.4) is 0 Å². The molecule has 10 nitrogen and oxygen atoms in total. The van der Waals surface area contributed by atoms with Crippen molar-refractivity contribution in [2.24, 2.45) is 11.5 Å². The average Bonchev–Trinajstić information content (AvgIpc) is 2.89. The number of ether oxygens (including phenoxy) is 2. The number of carbonyl (C=O) groups excluding carboxylic acids is 4. The molecule has 10 heteroatoms. The Morgan fingerprint density at radius 2 is 1.42 bits per heavy atom. The first kappa shape index (κ1) is 31.2. The lowest BCUT2D eigenvalue weighted by Gasteiger charge is -2.23. The highest BCUT2D eigenvalue weighted by Crippen LogP contribution is 2.19. The van der Waals surface area contributed by atoms with E-state index >= 15 is 0 Å². The van der Waals surface area contributed by atoms with Crippen molar-refractivity contribution in [3.63, 3.8) is 0 Å². The van der Waals surface area contributed by atoms with Gasteiger partial charge >= 0.3 is 5.97 Å². The van der Waals surface area contributed by atoms with E-state index < -0.39 is 35.8 Å². The Balaban J connectivity index is 1.94. The van der Waals surface area contributed by atoms with E-state index in [0.29, 0.717) is 0 Å². The van der Waals surface area contributed by atoms with Crippen molar-refractivity contribution < 1.29 is 28.7 Å². The lowest BCUT2D eigenvalue weighted by atomic mass is 9.99. The third kappa shape index (κ3) is 13.0. The van der Waals surface area contributed by atoms with Gasteiger partial charge in [-0.05, 0) is 31.2 Å². The summed E-state index contributed by atoms with van der Waals surface area (Å²) < 4.78 is 11.3. The van der Waals surface area contributed by atoms with Gasteiger partial charge in [0.15, 0.2) is 0 Å². The smallest absolute Gasteiger partial charge is 0.308 e. The second-order valence-electron chi connectivity index (χ2n) is 9.86. The van der Waals surface area contributed by atoms with Crippen LogP contribution < -0.4 is 22.1 Å². The summed E-state index contributed by atoms with van der Waals surface area (Å²) in [6.07, 6.45) is 11.3. The summed E-state index contributed by atoms with van der Waals surface area (Å²) in [5, 5.41) is 4.93. The number of benzene rings is 1. The number of amides is 3. The van der Waals surface area contributed by atoms with Gasteiger partial charge in [-0.3, -0.25) is 19.2 Å². The third-order valence-electron chi connectivity index (χ3n) is 6.61. The molecule has 1 aromatic carbocycles. The second-order valence-corrected chi connectivity index (χ2v) is 9.86. The van der Waals surface area contributed by atoms with Crippen LogP contribution in [0.5, 0.6) is 0 Å². The highest BCUT2D eigenvalue weighted by atomic mass is 16.5. The minimum Gasteiger partial charge on any atom is -0.462 e. The Morgan fingerprint density at radius 3 is 1.97 bits per heavy atom. The van der Waals surface area contributed by atoms with Crippen LogP contribution in [-0.2, 0) is 35.3 Å². The number of nitrogens with one attached hydrogen (secondary N) is 2. The Hall–Kier alpha value is -2.98. The van der Waals surface area contributed by atoms with E-state index in [9.17, 15) is 19.2 Å². The molecule has 212 valence electrons. The molecular weight excluding hydrogens is 488 g/mol. The summed E-state index contributed by atoms with van der Waals surface area (Å²) in [6.45, 7) is -0.303. The van der Waals surface area contributed by atoms with Crippen LogP contribution in [0.2, 0.25) is 0 Å². The molecule has 0 spiro atoms. The minimum absolute atomic E-state index is 0.167. The van der Waals surface area contributed by atoms with Crippen LogP contribution in [0.25, 0.3) is 0 Å². The molecule has 0 unspecified atom stereocenters. The first-order valence-corrected chi connectivity index (χ1v) is 13.8. The molecule has 1 aliphatic carbocycles. The van der Waals surface area contributed by atoms with Crippen LogP contribution in [0, 0.1) is 0 Å². The summed E-state index contributed by atoms with van der Waals surface area (Å²) in [5.41, 5.74) is 11.8. The van der Waals surface area contributed by atoms with Crippen LogP contribution in [-0.4, -0.2) is 55.0 Å². The standard InChI is InChI=1S/C28H44N4O6/c29-18-25(33)31-23(17-26(34)38-22-15-11-6-4-2-1-3-5-7-12-16-22)28(36)32-24(27(30)35)20-37-19-21-13-9-8-10-14-21/h8-10,13-14,22-24H,1-7,11-12,15-20,29H2,(H2,30,35)(H,31,33)(H,32,36)/t23-,24-/m0/s1. The molecular formula is C28H44N4O6. The van der Waals surface area contributed by atoms with E-state index in [2.05, 4.69) is 10.6 Å². The van der Waals surface area contributed by atoms with E-state index in [1.165, 1.54) is 32.1 Å². The molecule has 0 heterocycles. The summed E-state index contributed by atoms with van der Waals surface area (Å²) in [6, 6.07) is 6.91. The highest BCUT2D eigenvalue weighted by molar-refractivity contribution is 5.94. The van der Waals surface area contributed by atoms with Crippen LogP contribution in [0.1, 0.15) is 82.6 Å². The molecule has 1 aliphatic rings. The molecule has 1 fully saturated rings. The zero-order chi connectivity index (χ0) is 27.6. The maximum Gasteiger partial charge on any atom is 0.308 e. The van der Waals surface area contributed by atoms with Gasteiger partial charge in [0.05, 0.1) is 26.2 Å². The summed E-state index contributed by atoms with van der Waals surface area (Å²) in [7, 11) is 0. The monoisotopic (exact) mass is 532 g/mol. The summed E-state index contributed by atoms with van der Waals surface area (Å²) in [4.78, 5) is 49.7. The van der Waals surface area contributed by atoms with E-state index in [0.717, 1.165) is 44.1 Å². The zero-order valence-electron chi connectivity index (χ0n) is 22.3. The van der Waals surface area contributed by atoms with Gasteiger partial charge in [-0.1, -0.05) is 75.3 Å². The molecule has 1 aromatic rings. The lowest BCUT2D eigenvalue weighted by molar-refractivity contribution is -0.152. The van der Waals surface area contributed by atoms with Crippen molar-refractivity contribution in [2.45, 2.75) is 102 Å². The van der Waals surface area contributed by atoms with Crippen LogP contribution in [0.15, 0.2) is 30.3 Å². The van der Waals surface area contributed by atoms with Gasteiger partial charge in [0.25, 0.3) is 0 Å². The van der Waals surface area contributed by atoms with Gasteiger partial charge in [0, 0.05) is 0 Å². The first-order valence-electron chi connectivity index (χ1n) is 13.8. The Kier molecular flexibility index (Phi) is 15.0. The fourth-order valence-electron chi connectivity index (χ4n) is 4.44. The number of hydrogen-bond donors (Lipinski definition) is 4. The molecule has 38 heavy (non-hydrogen) atoms. The molecule has 0 radical (unpaired) electrons. The fraction of sp³-hybridized carbons (Fsp3) is 0.643. The maximum atomic E-state index is 13.0. The van der Waals surface area contributed by atoms with Crippen molar-refractivity contribution in [1.29, 1.82) is 0 Å². The van der Waals surface area contributed by atoms with Gasteiger partial charge in [0.1, 0.15) is 18.2 Å². The molecule has 0 bridgehead atoms. The van der Waals surface area contributed by atoms with Gasteiger partial charge in [-0.2, -0.15) is 0 Å².